The summed E-state index contributed by atoms with van der Waals surface area (Å²) < 4.78 is 0. The predicted octanol–water partition coefficient (Wildman–Crippen LogP) is 2.58. The molecule has 0 spiro atoms. The number of carbonyl (C=O) groups is 1. The van der Waals surface area contributed by atoms with Gasteiger partial charge in [-0.1, -0.05) is 12.1 Å². The molecule has 2 aromatic heterocycles. The van der Waals surface area contributed by atoms with Crippen LogP contribution in [0.25, 0.3) is 22.0 Å². The summed E-state index contributed by atoms with van der Waals surface area (Å²) in [6.45, 7) is 0. The Morgan fingerprint density at radius 1 is 1.15 bits per heavy atom. The number of carboxylic acids is 1. The second kappa shape index (κ2) is 4.62. The van der Waals surface area contributed by atoms with Gasteiger partial charge in [0.2, 0.25) is 0 Å². The van der Waals surface area contributed by atoms with Crippen LogP contribution < -0.4 is 5.73 Å². The molecule has 3 aromatic rings. The van der Waals surface area contributed by atoms with Crippen LogP contribution in [0, 0.1) is 0 Å². The summed E-state index contributed by atoms with van der Waals surface area (Å²) in [6.07, 6.45) is 1.72. The number of pyridine rings is 2. The fraction of sp³-hybridized carbons (Fsp3) is 0. The van der Waals surface area contributed by atoms with Crippen LogP contribution in [0.2, 0.25) is 0 Å². The third kappa shape index (κ3) is 2.05. The van der Waals surface area contributed by atoms with Crippen molar-refractivity contribution in [2.24, 2.45) is 0 Å². The van der Waals surface area contributed by atoms with Gasteiger partial charge >= 0.3 is 5.97 Å². The van der Waals surface area contributed by atoms with Gasteiger partial charge in [-0.2, -0.15) is 0 Å². The molecule has 0 aliphatic carbocycles. The maximum Gasteiger partial charge on any atom is 0.355 e. The van der Waals surface area contributed by atoms with Gasteiger partial charge in [0.05, 0.1) is 5.52 Å². The number of aromatic nitrogens is 2. The molecular formula is C15H11N3O2. The average molecular weight is 265 g/mol. The summed E-state index contributed by atoms with van der Waals surface area (Å²) in [6, 6.07) is 12.6. The number of nitrogens with two attached hydrogens (primary N) is 1. The topological polar surface area (TPSA) is 89.1 Å². The Morgan fingerprint density at radius 2 is 2.00 bits per heavy atom. The first kappa shape index (κ1) is 12.1. The average Bonchev–Trinajstić information content (AvgIpc) is 2.46. The van der Waals surface area contributed by atoms with Crippen molar-refractivity contribution in [3.05, 3.63) is 54.4 Å². The molecule has 1 aromatic carbocycles. The minimum Gasteiger partial charge on any atom is -0.476 e. The molecule has 0 unspecified atom stereocenters. The molecule has 0 aliphatic heterocycles. The van der Waals surface area contributed by atoms with Crippen LogP contribution in [0.3, 0.4) is 0 Å². The minimum absolute atomic E-state index is 0.0479. The van der Waals surface area contributed by atoms with Crippen LogP contribution in [-0.2, 0) is 0 Å². The molecule has 0 radical (unpaired) electrons. The molecule has 0 bridgehead atoms. The van der Waals surface area contributed by atoms with Crippen LogP contribution in [0.15, 0.2) is 48.7 Å². The molecule has 0 atom stereocenters. The quantitative estimate of drug-likeness (QED) is 0.743. The number of rotatable bonds is 2. The normalized spacial score (nSPS) is 10.6. The van der Waals surface area contributed by atoms with Crippen molar-refractivity contribution < 1.29 is 9.90 Å². The summed E-state index contributed by atoms with van der Waals surface area (Å²) in [7, 11) is 0. The molecule has 0 saturated heterocycles. The Morgan fingerprint density at radius 3 is 2.80 bits per heavy atom. The number of benzene rings is 1. The molecule has 3 rings (SSSR count). The Balaban J connectivity index is 2.22. The summed E-state index contributed by atoms with van der Waals surface area (Å²) in [4.78, 5) is 19.4. The highest BCUT2D eigenvalue weighted by molar-refractivity contribution is 5.96. The molecular weight excluding hydrogens is 254 g/mol. The van der Waals surface area contributed by atoms with Crippen LogP contribution in [0.4, 0.5) is 5.82 Å². The SMILES string of the molecule is Nc1ccc(-c2ccc3ncccc3c2)c(C(=O)O)n1. The van der Waals surface area contributed by atoms with Crippen molar-refractivity contribution >= 4 is 22.7 Å². The first-order valence-corrected chi connectivity index (χ1v) is 6.00. The second-order valence-electron chi connectivity index (χ2n) is 4.35. The lowest BCUT2D eigenvalue weighted by atomic mass is 10.0. The molecule has 0 saturated carbocycles. The van der Waals surface area contributed by atoms with Crippen molar-refractivity contribution in [3.63, 3.8) is 0 Å². The monoisotopic (exact) mass is 265 g/mol. The zero-order valence-electron chi connectivity index (χ0n) is 10.4. The minimum atomic E-state index is -1.10. The molecule has 2 heterocycles. The first-order valence-electron chi connectivity index (χ1n) is 6.00. The van der Waals surface area contributed by atoms with Gasteiger partial charge in [0.25, 0.3) is 0 Å². The fourth-order valence-corrected chi connectivity index (χ4v) is 2.11. The highest BCUT2D eigenvalue weighted by atomic mass is 16.4. The molecule has 5 nitrogen and oxygen atoms in total. The first-order chi connectivity index (χ1) is 9.65. The maximum atomic E-state index is 11.3. The van der Waals surface area contributed by atoms with E-state index in [1.165, 1.54) is 0 Å². The van der Waals surface area contributed by atoms with E-state index in [9.17, 15) is 9.90 Å². The Kier molecular flexibility index (Phi) is 2.80. The number of anilines is 1. The highest BCUT2D eigenvalue weighted by Crippen LogP contribution is 2.26. The molecule has 5 heteroatoms. The third-order valence-electron chi connectivity index (χ3n) is 3.03. The number of aromatic carboxylic acids is 1. The van der Waals surface area contributed by atoms with E-state index in [1.54, 1.807) is 18.3 Å². The lowest BCUT2D eigenvalue weighted by molar-refractivity contribution is 0.0691. The molecule has 3 N–H and O–H groups in total. The van der Waals surface area contributed by atoms with E-state index in [0.717, 1.165) is 16.5 Å². The Labute approximate surface area is 114 Å². The predicted molar refractivity (Wildman–Crippen MR) is 76.3 cm³/mol. The van der Waals surface area contributed by atoms with Crippen molar-refractivity contribution in [2.45, 2.75) is 0 Å². The molecule has 0 aliphatic rings. The summed E-state index contributed by atoms with van der Waals surface area (Å²) in [5, 5.41) is 10.2. The van der Waals surface area contributed by atoms with E-state index in [0.29, 0.717) is 5.56 Å². The summed E-state index contributed by atoms with van der Waals surface area (Å²) >= 11 is 0. The number of carboxylic acid groups (broad SMARTS) is 1. The molecule has 0 fully saturated rings. The lowest BCUT2D eigenvalue weighted by Crippen LogP contribution is -2.05. The van der Waals surface area contributed by atoms with Crippen LogP contribution in [0.5, 0.6) is 0 Å². The van der Waals surface area contributed by atoms with E-state index in [-0.39, 0.29) is 11.5 Å². The number of nitrogens with zero attached hydrogens (tertiary/aromatic N) is 2. The number of hydrogen-bond acceptors (Lipinski definition) is 4. The van der Waals surface area contributed by atoms with Gasteiger partial charge in [-0.15, -0.1) is 0 Å². The van der Waals surface area contributed by atoms with Gasteiger partial charge in [-0.05, 0) is 35.9 Å². The van der Waals surface area contributed by atoms with E-state index >= 15 is 0 Å². The van der Waals surface area contributed by atoms with E-state index < -0.39 is 5.97 Å². The van der Waals surface area contributed by atoms with Crippen molar-refractivity contribution in [3.8, 4) is 11.1 Å². The number of nitrogen functional groups attached to an aromatic ring is 1. The third-order valence-corrected chi connectivity index (χ3v) is 3.03. The smallest absolute Gasteiger partial charge is 0.355 e. The van der Waals surface area contributed by atoms with Gasteiger partial charge < -0.3 is 10.8 Å². The second-order valence-corrected chi connectivity index (χ2v) is 4.35. The number of fused-ring (bicyclic) bond motifs is 1. The van der Waals surface area contributed by atoms with Gasteiger partial charge in [0.1, 0.15) is 5.82 Å². The zero-order valence-corrected chi connectivity index (χ0v) is 10.4. The van der Waals surface area contributed by atoms with Crippen LogP contribution in [-0.4, -0.2) is 21.0 Å². The van der Waals surface area contributed by atoms with Crippen molar-refractivity contribution in [1.82, 2.24) is 9.97 Å². The van der Waals surface area contributed by atoms with E-state index in [2.05, 4.69) is 9.97 Å². The number of hydrogen-bond donors (Lipinski definition) is 2. The van der Waals surface area contributed by atoms with E-state index in [4.69, 9.17) is 5.73 Å². The van der Waals surface area contributed by atoms with Crippen LogP contribution >= 0.6 is 0 Å². The van der Waals surface area contributed by atoms with Gasteiger partial charge in [-0.3, -0.25) is 4.98 Å². The highest BCUT2D eigenvalue weighted by Gasteiger charge is 2.14. The standard InChI is InChI=1S/C15H11N3O2/c16-13-6-4-11(14(18-13)15(19)20)9-3-5-12-10(8-9)2-1-7-17-12/h1-8H,(H2,16,18)(H,19,20). The van der Waals surface area contributed by atoms with E-state index in [1.807, 2.05) is 30.3 Å². The Hall–Kier alpha value is -2.95. The molecule has 0 amide bonds. The summed E-state index contributed by atoms with van der Waals surface area (Å²) in [5.74, 6) is -0.910. The largest absolute Gasteiger partial charge is 0.476 e. The maximum absolute atomic E-state index is 11.3. The lowest BCUT2D eigenvalue weighted by Gasteiger charge is -2.07. The van der Waals surface area contributed by atoms with Crippen molar-refractivity contribution in [1.29, 1.82) is 0 Å². The zero-order chi connectivity index (χ0) is 14.1. The molecule has 98 valence electrons. The van der Waals surface area contributed by atoms with Gasteiger partial charge in [0.15, 0.2) is 5.69 Å². The summed E-state index contributed by atoms with van der Waals surface area (Å²) in [5.41, 5.74) is 7.67. The fourth-order valence-electron chi connectivity index (χ4n) is 2.11. The van der Waals surface area contributed by atoms with Crippen LogP contribution in [0.1, 0.15) is 10.5 Å². The van der Waals surface area contributed by atoms with Crippen molar-refractivity contribution in [2.75, 3.05) is 5.73 Å². The Bertz CT molecular complexity index is 815. The molecule has 20 heavy (non-hydrogen) atoms. The van der Waals surface area contributed by atoms with Gasteiger partial charge in [0, 0.05) is 17.1 Å². The van der Waals surface area contributed by atoms with Gasteiger partial charge in [-0.25, -0.2) is 9.78 Å².